The van der Waals surface area contributed by atoms with Gasteiger partial charge in [0.2, 0.25) is 0 Å². The Labute approximate surface area is 174 Å². The molecular weight excluding hydrogens is 406 g/mol. The summed E-state index contributed by atoms with van der Waals surface area (Å²) < 4.78 is 41.5. The topological polar surface area (TPSA) is 90.9 Å². The van der Waals surface area contributed by atoms with Crippen LogP contribution in [0.25, 0.3) is 0 Å². The molecule has 30 heavy (non-hydrogen) atoms. The second-order valence-electron chi connectivity index (χ2n) is 6.54. The molecule has 0 atom stereocenters. The van der Waals surface area contributed by atoms with Crippen LogP contribution in [0.5, 0.6) is 17.2 Å². The molecule has 0 radical (unpaired) electrons. The highest BCUT2D eigenvalue weighted by Crippen LogP contribution is 2.33. The molecule has 0 spiro atoms. The van der Waals surface area contributed by atoms with E-state index in [0.717, 1.165) is 6.42 Å². The smallest absolute Gasteiger partial charge is 0.339 e. The monoisotopic (exact) mass is 425 g/mol. The molecule has 0 aromatic heterocycles. The van der Waals surface area contributed by atoms with E-state index in [9.17, 15) is 13.2 Å². The van der Waals surface area contributed by atoms with Gasteiger partial charge in [0.15, 0.2) is 11.5 Å². The first-order valence-electron chi connectivity index (χ1n) is 9.32. The number of carbonyl (C=O) groups is 1. The van der Waals surface area contributed by atoms with Gasteiger partial charge < -0.3 is 19.0 Å². The minimum atomic E-state index is -4.06. The number of benzene rings is 3. The molecule has 154 valence electrons. The lowest BCUT2D eigenvalue weighted by molar-refractivity contribution is 0.102. The maximum absolute atomic E-state index is 12.6. The van der Waals surface area contributed by atoms with Crippen LogP contribution in [0.4, 0.5) is 5.69 Å². The van der Waals surface area contributed by atoms with Crippen molar-refractivity contribution in [2.45, 2.75) is 11.3 Å². The number of rotatable bonds is 5. The van der Waals surface area contributed by atoms with Crippen LogP contribution in [-0.4, -0.2) is 27.5 Å². The second kappa shape index (κ2) is 8.46. The molecule has 1 N–H and O–H groups in total. The van der Waals surface area contributed by atoms with Crippen molar-refractivity contribution in [2.24, 2.45) is 0 Å². The average Bonchev–Trinajstić information content (AvgIpc) is 3.00. The summed E-state index contributed by atoms with van der Waals surface area (Å²) in [4.78, 5) is 12.2. The summed E-state index contributed by atoms with van der Waals surface area (Å²) >= 11 is 0. The van der Waals surface area contributed by atoms with Crippen LogP contribution in [0.15, 0.2) is 77.7 Å². The van der Waals surface area contributed by atoms with E-state index >= 15 is 0 Å². The van der Waals surface area contributed by atoms with Gasteiger partial charge in [0.05, 0.1) is 13.2 Å². The third-order valence-corrected chi connectivity index (χ3v) is 5.60. The fraction of sp³-hybridized carbons (Fsp3) is 0.136. The summed E-state index contributed by atoms with van der Waals surface area (Å²) in [7, 11) is -4.06. The van der Waals surface area contributed by atoms with Crippen LogP contribution in [0.2, 0.25) is 0 Å². The van der Waals surface area contributed by atoms with E-state index in [1.807, 2.05) is 6.07 Å². The molecule has 3 aromatic carbocycles. The molecule has 7 nitrogen and oxygen atoms in total. The van der Waals surface area contributed by atoms with E-state index in [-0.39, 0.29) is 16.6 Å². The molecule has 0 bridgehead atoms. The summed E-state index contributed by atoms with van der Waals surface area (Å²) in [5, 5.41) is 2.75. The summed E-state index contributed by atoms with van der Waals surface area (Å²) in [6, 6.07) is 19.2. The van der Waals surface area contributed by atoms with Gasteiger partial charge in [-0.05, 0) is 48.5 Å². The van der Waals surface area contributed by atoms with Crippen LogP contribution in [0.1, 0.15) is 16.8 Å². The summed E-state index contributed by atoms with van der Waals surface area (Å²) in [5.74, 6) is 0.741. The van der Waals surface area contributed by atoms with Gasteiger partial charge in [0.1, 0.15) is 10.6 Å². The summed E-state index contributed by atoms with van der Waals surface area (Å²) in [5.41, 5.74) is 1.04. The van der Waals surface area contributed by atoms with Gasteiger partial charge in [-0.15, -0.1) is 0 Å². The van der Waals surface area contributed by atoms with Gasteiger partial charge in [-0.3, -0.25) is 4.79 Å². The number of anilines is 1. The average molecular weight is 425 g/mol. The van der Waals surface area contributed by atoms with Crippen molar-refractivity contribution in [3.63, 3.8) is 0 Å². The van der Waals surface area contributed by atoms with Gasteiger partial charge >= 0.3 is 10.1 Å². The van der Waals surface area contributed by atoms with Crippen molar-refractivity contribution >= 4 is 21.7 Å². The molecule has 0 saturated carbocycles. The number of hydrogen-bond donors (Lipinski definition) is 1. The number of amides is 1. The maximum atomic E-state index is 12.6. The van der Waals surface area contributed by atoms with Crippen LogP contribution >= 0.6 is 0 Å². The van der Waals surface area contributed by atoms with Gasteiger partial charge in [-0.1, -0.05) is 18.2 Å². The molecule has 1 amide bonds. The third-order valence-electron chi connectivity index (χ3n) is 4.36. The first kappa shape index (κ1) is 19.8. The largest absolute Gasteiger partial charge is 0.490 e. The SMILES string of the molecule is O=C(Nc1ccc(OS(=O)(=O)c2ccc3c(c2)OCCCO3)cc1)c1ccccc1. The predicted molar refractivity (Wildman–Crippen MR) is 111 cm³/mol. The normalized spacial score (nSPS) is 13.2. The van der Waals surface area contributed by atoms with E-state index in [0.29, 0.717) is 36.0 Å². The Morgan fingerprint density at radius 3 is 2.30 bits per heavy atom. The Morgan fingerprint density at radius 2 is 1.57 bits per heavy atom. The molecule has 1 aliphatic heterocycles. The molecule has 8 heteroatoms. The zero-order valence-corrected chi connectivity index (χ0v) is 16.7. The van der Waals surface area contributed by atoms with Gasteiger partial charge in [-0.25, -0.2) is 0 Å². The number of fused-ring (bicyclic) bond motifs is 1. The second-order valence-corrected chi connectivity index (χ2v) is 8.09. The van der Waals surface area contributed by atoms with E-state index in [4.69, 9.17) is 13.7 Å². The minimum absolute atomic E-state index is 0.0341. The van der Waals surface area contributed by atoms with Crippen molar-refractivity contribution < 1.29 is 26.9 Å². The molecule has 4 rings (SSSR count). The Bertz CT molecular complexity index is 1140. The van der Waals surface area contributed by atoms with Gasteiger partial charge in [0.25, 0.3) is 5.91 Å². The highest BCUT2D eigenvalue weighted by molar-refractivity contribution is 7.87. The van der Waals surface area contributed by atoms with Crippen molar-refractivity contribution in [3.8, 4) is 17.2 Å². The molecule has 0 fully saturated rings. The van der Waals surface area contributed by atoms with Crippen molar-refractivity contribution in [3.05, 3.63) is 78.4 Å². The van der Waals surface area contributed by atoms with E-state index in [2.05, 4.69) is 5.32 Å². The van der Waals surface area contributed by atoms with Crippen LogP contribution in [-0.2, 0) is 10.1 Å². The van der Waals surface area contributed by atoms with Gasteiger partial charge in [-0.2, -0.15) is 8.42 Å². The Kier molecular flexibility index (Phi) is 5.58. The fourth-order valence-electron chi connectivity index (χ4n) is 2.86. The van der Waals surface area contributed by atoms with Crippen LogP contribution < -0.4 is 19.0 Å². The zero-order chi connectivity index (χ0) is 21.0. The molecule has 1 heterocycles. The maximum Gasteiger partial charge on any atom is 0.339 e. The highest BCUT2D eigenvalue weighted by Gasteiger charge is 2.21. The number of nitrogens with one attached hydrogen (secondary N) is 1. The summed E-state index contributed by atoms with van der Waals surface area (Å²) in [6.07, 6.45) is 0.723. The van der Waals surface area contributed by atoms with E-state index in [1.165, 1.54) is 24.3 Å². The molecule has 0 unspecified atom stereocenters. The lowest BCUT2D eigenvalue weighted by atomic mass is 10.2. The lowest BCUT2D eigenvalue weighted by Gasteiger charge is -2.11. The van der Waals surface area contributed by atoms with E-state index < -0.39 is 10.1 Å². The number of ether oxygens (including phenoxy) is 2. The Balaban J connectivity index is 1.46. The third kappa shape index (κ3) is 4.55. The van der Waals surface area contributed by atoms with Crippen molar-refractivity contribution in [1.82, 2.24) is 0 Å². The highest BCUT2D eigenvalue weighted by atomic mass is 32.2. The first-order chi connectivity index (χ1) is 14.5. The minimum Gasteiger partial charge on any atom is -0.490 e. The number of hydrogen-bond acceptors (Lipinski definition) is 6. The van der Waals surface area contributed by atoms with Gasteiger partial charge in [0, 0.05) is 23.7 Å². The Morgan fingerprint density at radius 1 is 0.867 bits per heavy atom. The van der Waals surface area contributed by atoms with Crippen LogP contribution in [0.3, 0.4) is 0 Å². The molecule has 1 aliphatic rings. The van der Waals surface area contributed by atoms with Crippen molar-refractivity contribution in [1.29, 1.82) is 0 Å². The molecule has 0 saturated heterocycles. The molecule has 0 aliphatic carbocycles. The first-order valence-corrected chi connectivity index (χ1v) is 10.7. The molecule has 3 aromatic rings. The fourth-order valence-corrected chi connectivity index (χ4v) is 3.81. The van der Waals surface area contributed by atoms with E-state index in [1.54, 1.807) is 42.5 Å². The van der Waals surface area contributed by atoms with Crippen molar-refractivity contribution in [2.75, 3.05) is 18.5 Å². The quantitative estimate of drug-likeness (QED) is 0.624. The molecular formula is C22H19NO6S. The lowest BCUT2D eigenvalue weighted by Crippen LogP contribution is -2.12. The summed E-state index contributed by atoms with van der Waals surface area (Å²) in [6.45, 7) is 0.969. The Hall–Kier alpha value is -3.52. The predicted octanol–water partition coefficient (Wildman–Crippen LogP) is 3.87. The standard InChI is InChI=1S/C22H19NO6S/c24-22(16-5-2-1-3-6-16)23-17-7-9-18(10-8-17)29-30(25,26)19-11-12-20-21(15-19)28-14-4-13-27-20/h1-3,5-12,15H,4,13-14H2,(H,23,24). The number of carbonyl (C=O) groups excluding carboxylic acids is 1. The van der Waals surface area contributed by atoms with Crippen LogP contribution in [0, 0.1) is 0 Å². The zero-order valence-electron chi connectivity index (χ0n) is 15.9.